The number of Topliss-reactive ketones (excluding diaryl/α,β-unsaturated/α-hetero) is 2. The molecular weight excluding hydrogens is 1220 g/mol. The van der Waals surface area contributed by atoms with E-state index in [0.717, 1.165) is 43.8 Å². The Morgan fingerprint density at radius 3 is 1.90 bits per heavy atom. The van der Waals surface area contributed by atoms with Crippen molar-refractivity contribution in [2.75, 3.05) is 52.1 Å². The van der Waals surface area contributed by atoms with Gasteiger partial charge in [0.1, 0.15) is 60.9 Å². The van der Waals surface area contributed by atoms with Crippen molar-refractivity contribution in [1.29, 1.82) is 0 Å². The number of para-hydroxylation sites is 2. The molecule has 6 heterocycles. The predicted molar refractivity (Wildman–Crippen MR) is 335 cm³/mol. The number of imide groups is 2. The van der Waals surface area contributed by atoms with Crippen molar-refractivity contribution >= 4 is 101 Å². The highest BCUT2D eigenvalue weighted by molar-refractivity contribution is 7.13. The smallest absolute Gasteiger partial charge is 0.526 e. The molecule has 3 aliphatic carbocycles. The number of rotatable bonds is 18. The molecule has 3 saturated heterocycles. The van der Waals surface area contributed by atoms with Gasteiger partial charge in [-0.25, -0.2) is 29.1 Å². The number of hydrogen-bond donors (Lipinski definition) is 5. The zero-order valence-corrected chi connectivity index (χ0v) is 53.5. The fourth-order valence-corrected chi connectivity index (χ4v) is 14.3. The van der Waals surface area contributed by atoms with Crippen LogP contribution in [-0.2, 0) is 55.7 Å². The second kappa shape index (κ2) is 27.6. The molecule has 11 rings (SSSR count). The molecule has 26 nitrogen and oxygen atoms in total. The number of aromatic nitrogens is 2. The number of hydrogen-bond acceptors (Lipinski definition) is 21. The van der Waals surface area contributed by atoms with Crippen molar-refractivity contribution in [3.05, 3.63) is 85.8 Å². The Morgan fingerprint density at radius 2 is 1.38 bits per heavy atom. The highest BCUT2D eigenvalue weighted by atomic mass is 32.1. The fraction of sp³-hybridized carbons (Fsp3) is 0.541. The van der Waals surface area contributed by atoms with Gasteiger partial charge >= 0.3 is 38.2 Å². The Labute approximate surface area is 536 Å². The Kier molecular flexibility index (Phi) is 20.9. The molecule has 4 aliphatic heterocycles. The second-order valence-corrected chi connectivity index (χ2v) is 27.1. The maximum absolute atomic E-state index is 14.6. The summed E-state index contributed by atoms with van der Waals surface area (Å²) in [6.07, 6.45) is 1.83. The number of esters is 1. The van der Waals surface area contributed by atoms with E-state index >= 15 is 0 Å². The number of benzene rings is 2. The summed E-state index contributed by atoms with van der Waals surface area (Å²) in [7, 11) is -0.747. The Balaban J connectivity index is 0.000000247. The van der Waals surface area contributed by atoms with Gasteiger partial charge in [0.25, 0.3) is 0 Å². The van der Waals surface area contributed by atoms with Crippen LogP contribution in [0.25, 0.3) is 0 Å². The fourth-order valence-electron chi connectivity index (χ4n) is 13.1. The average Bonchev–Trinajstić information content (AvgIpc) is 1.66. The average molecular weight is 1300 g/mol. The molecule has 6 N–H and O–H groups in total. The number of fused-ring (bicyclic) bond motifs is 1. The number of thiazole rings is 2. The van der Waals surface area contributed by atoms with Crippen LogP contribution in [0.3, 0.4) is 0 Å². The van der Waals surface area contributed by atoms with Crippen molar-refractivity contribution < 1.29 is 81.5 Å². The van der Waals surface area contributed by atoms with Gasteiger partial charge in [-0.2, -0.15) is 0 Å². The van der Waals surface area contributed by atoms with E-state index in [1.54, 1.807) is 71.2 Å². The minimum Gasteiger partial charge on any atom is -0.535 e. The van der Waals surface area contributed by atoms with Gasteiger partial charge in [0.15, 0.2) is 16.7 Å². The van der Waals surface area contributed by atoms with Crippen LogP contribution >= 0.6 is 22.7 Å². The van der Waals surface area contributed by atoms with E-state index in [-0.39, 0.29) is 123 Å². The molecule has 5 unspecified atom stereocenters. The molecule has 0 spiro atoms. The normalized spacial score (nSPS) is 22.6. The molecule has 8 atom stereocenters. The molecule has 0 radical (unpaired) electrons. The number of carbonyl (C=O) groups is 10. The molecule has 7 aliphatic rings. The van der Waals surface area contributed by atoms with Crippen LogP contribution in [0.5, 0.6) is 11.5 Å². The number of aryl methyl sites for hydroxylation is 1. The lowest BCUT2D eigenvalue weighted by Gasteiger charge is -2.64. The van der Waals surface area contributed by atoms with E-state index < -0.39 is 103 Å². The molecule has 488 valence electrons. The third kappa shape index (κ3) is 14.6. The van der Waals surface area contributed by atoms with E-state index in [2.05, 4.69) is 41.4 Å². The summed E-state index contributed by atoms with van der Waals surface area (Å²) in [5.41, 5.74) is 6.43. The number of aromatic carboxylic acids is 1. The van der Waals surface area contributed by atoms with Crippen LogP contribution in [0, 0.1) is 24.2 Å². The van der Waals surface area contributed by atoms with Gasteiger partial charge < -0.3 is 59.7 Å². The number of likely N-dealkylation sites (N-methyl/N-ethyl adjacent to an activating group) is 2. The molecule has 2 aromatic heterocycles. The zero-order valence-electron chi connectivity index (χ0n) is 51.9. The topological polar surface area (TPSA) is 346 Å². The van der Waals surface area contributed by atoms with Crippen molar-refractivity contribution in [3.63, 3.8) is 0 Å². The van der Waals surface area contributed by atoms with E-state index in [0.29, 0.717) is 33.5 Å². The number of nitrogen functional groups attached to an aromatic ring is 1. The van der Waals surface area contributed by atoms with E-state index in [4.69, 9.17) is 29.2 Å². The first kappa shape index (κ1) is 69.1. The molecule has 2 aromatic carbocycles. The molecule has 6 fully saturated rings. The van der Waals surface area contributed by atoms with Crippen molar-refractivity contribution in [2.45, 2.75) is 149 Å². The maximum atomic E-state index is 14.6. The minimum absolute atomic E-state index is 0. The van der Waals surface area contributed by atoms with Crippen LogP contribution in [0.15, 0.2) is 47.2 Å². The molecule has 91 heavy (non-hydrogen) atoms. The summed E-state index contributed by atoms with van der Waals surface area (Å²) in [6.45, 7) is 16.4. The van der Waals surface area contributed by atoms with E-state index in [1.807, 2.05) is 6.07 Å². The second-order valence-electron chi connectivity index (χ2n) is 25.2. The lowest BCUT2D eigenvalue weighted by Crippen LogP contribution is -2.65. The van der Waals surface area contributed by atoms with Crippen LogP contribution in [0.4, 0.5) is 14.7 Å². The molecule has 8 amide bonds. The van der Waals surface area contributed by atoms with Crippen LogP contribution < -0.4 is 25.8 Å². The summed E-state index contributed by atoms with van der Waals surface area (Å²) >= 11 is 2.40. The van der Waals surface area contributed by atoms with Crippen molar-refractivity contribution in [1.82, 2.24) is 40.2 Å². The first-order valence-corrected chi connectivity index (χ1v) is 31.6. The number of piperazine rings is 2. The Bertz CT molecular complexity index is 3470. The largest absolute Gasteiger partial charge is 0.535 e. The number of carboxylic acids is 1. The molecule has 3 saturated carbocycles. The first-order chi connectivity index (χ1) is 42.4. The van der Waals surface area contributed by atoms with Gasteiger partial charge in [0, 0.05) is 48.3 Å². The number of carboxylic acid groups (broad SMARTS) is 1. The molecule has 4 aromatic rings. The van der Waals surface area contributed by atoms with E-state index in [1.165, 1.54) is 29.9 Å². The number of ketones is 2. The third-order valence-electron chi connectivity index (χ3n) is 17.8. The van der Waals surface area contributed by atoms with E-state index in [9.17, 15) is 58.1 Å². The number of nitrogens with one attached hydrogen (secondary N) is 2. The standard InChI is InChI=1S/C38H51BN4O9S.C22H24BN5O8S.CH4/c1-10-43-30(45)18-42(19-31(43)46)35(48)41-32(26-20-53-21(2)40-26)27(44)17-24(39-51-29-16-23-15-28(37(23,6)7)38(29,8)52-39)14-22-12-11-13-25(33(22)49-9)34(47)50-36(3,4)5;1-2-28-16(30)8-27(9-17(28)31)22(34)26-18(14-10-37-21(24)25-14)15(29)7-12-6-11-4-3-5-13(20(32)33)19(11)36-23(12)35;/h11-13,20,23-24,28-29,32H,10,14-19H2,1-9H3,(H,41,48);3-5,10,12,18,35H,2,6-9H2,1H3,(H2,24,25)(H,26,34)(H,32,33);1H4/t23?,24-,28?,29?,32?,38+;12-,18?;/m11./s1. The lowest BCUT2D eigenvalue weighted by molar-refractivity contribution is -0.199. The number of urea groups is 2. The third-order valence-corrected chi connectivity index (χ3v) is 19.3. The first-order valence-electron chi connectivity index (χ1n) is 29.8. The predicted octanol–water partition coefficient (Wildman–Crippen LogP) is 6.10. The lowest BCUT2D eigenvalue weighted by atomic mass is 9.43. The SMILES string of the molecule is C.CCN1C(=O)CN(C(=O)NC(C(=O)C[C@@H](Cc2cccc(C(=O)OC(C)(C)C)c2OC)B2OC3CC4CC(C4(C)C)[C@]3(C)O2)c2csc(C)n2)CC1=O.CCN1C(=O)CN(C(=O)NC(C(=O)C[C@H]2Cc3cccc(C(=O)O)c3OB2O)c2csc(N)n2)CC1=O. The van der Waals surface area contributed by atoms with Gasteiger partial charge in [0.05, 0.1) is 40.8 Å². The maximum Gasteiger partial charge on any atom is 0.526 e. The summed E-state index contributed by atoms with van der Waals surface area (Å²) < 4.78 is 30.6. The molecule has 30 heteroatoms. The summed E-state index contributed by atoms with van der Waals surface area (Å²) in [5, 5.41) is 29.3. The van der Waals surface area contributed by atoms with Crippen LogP contribution in [0.1, 0.15) is 149 Å². The molecular formula is C61H79B2N9O17S2. The Morgan fingerprint density at radius 1 is 0.824 bits per heavy atom. The number of nitrogens with two attached hydrogens (primary N) is 1. The monoisotopic (exact) mass is 1300 g/mol. The summed E-state index contributed by atoms with van der Waals surface area (Å²) in [4.78, 5) is 142. The van der Waals surface area contributed by atoms with Gasteiger partial charge in [-0.05, 0) is 115 Å². The zero-order chi connectivity index (χ0) is 65.5. The molecule has 2 bridgehead atoms. The van der Waals surface area contributed by atoms with Gasteiger partial charge in [0.2, 0.25) is 23.6 Å². The summed E-state index contributed by atoms with van der Waals surface area (Å²) in [6, 6.07) is 5.83. The van der Waals surface area contributed by atoms with Crippen molar-refractivity contribution in [3.8, 4) is 11.5 Å². The summed E-state index contributed by atoms with van der Waals surface area (Å²) in [5.74, 6) is -4.76. The quantitative estimate of drug-likeness (QED) is 0.0426. The highest BCUT2D eigenvalue weighted by Gasteiger charge is 2.68. The van der Waals surface area contributed by atoms with Crippen molar-refractivity contribution in [2.24, 2.45) is 17.3 Å². The number of anilines is 1. The number of ether oxygens (including phenoxy) is 2. The van der Waals surface area contributed by atoms with Crippen LogP contribution in [-0.4, -0.2) is 177 Å². The number of methoxy groups -OCH3 is 1. The van der Waals surface area contributed by atoms with Gasteiger partial charge in [-0.1, -0.05) is 45.5 Å². The number of amides is 8. The number of carbonyl (C=O) groups excluding carboxylic acids is 9. The highest BCUT2D eigenvalue weighted by Crippen LogP contribution is 2.66. The van der Waals surface area contributed by atoms with Gasteiger partial charge in [-0.15, -0.1) is 22.7 Å². The number of nitrogens with zero attached hydrogens (tertiary/aromatic N) is 6. The van der Waals surface area contributed by atoms with Crippen LogP contribution in [0.2, 0.25) is 11.6 Å². The van der Waals surface area contributed by atoms with Gasteiger partial charge in [-0.3, -0.25) is 38.6 Å². The minimum atomic E-state index is -1.47. The Hall–Kier alpha value is -7.79.